The molecule has 114 valence electrons. The van der Waals surface area contributed by atoms with E-state index in [0.717, 1.165) is 10.7 Å². The molecule has 3 rings (SSSR count). The Kier molecular flexibility index (Phi) is 4.13. The summed E-state index contributed by atoms with van der Waals surface area (Å²) in [6.07, 6.45) is 1.31. The summed E-state index contributed by atoms with van der Waals surface area (Å²) in [4.78, 5) is 25.5. The number of hydrogen-bond acceptors (Lipinski definition) is 4. The maximum absolute atomic E-state index is 12.2. The summed E-state index contributed by atoms with van der Waals surface area (Å²) in [5, 5.41) is 6.37. The van der Waals surface area contributed by atoms with E-state index >= 15 is 0 Å². The molecule has 0 aliphatic carbocycles. The summed E-state index contributed by atoms with van der Waals surface area (Å²) in [5.74, 6) is 0.463. The number of carbonyl (C=O) groups excluding carboxylic acids is 2. The first-order valence-electron chi connectivity index (χ1n) is 6.78. The third-order valence-corrected chi connectivity index (χ3v) is 3.57. The van der Waals surface area contributed by atoms with Crippen molar-refractivity contribution < 1.29 is 14.0 Å². The van der Waals surface area contributed by atoms with E-state index in [-0.39, 0.29) is 12.3 Å². The predicted octanol–water partition coefficient (Wildman–Crippen LogP) is 2.50. The number of rotatable bonds is 4. The number of imide groups is 1. The fourth-order valence-corrected chi connectivity index (χ4v) is 2.38. The lowest BCUT2D eigenvalue weighted by Crippen LogP contribution is -2.59. The molecule has 22 heavy (non-hydrogen) atoms. The van der Waals surface area contributed by atoms with Gasteiger partial charge in [0.15, 0.2) is 0 Å². The van der Waals surface area contributed by atoms with Crippen LogP contribution in [0.25, 0.3) is 0 Å². The van der Waals surface area contributed by atoms with Gasteiger partial charge in [-0.2, -0.15) is 0 Å². The van der Waals surface area contributed by atoms with E-state index in [1.54, 1.807) is 36.6 Å². The van der Waals surface area contributed by atoms with E-state index in [9.17, 15) is 9.59 Å². The van der Waals surface area contributed by atoms with Crippen LogP contribution < -0.4 is 15.5 Å². The number of carbonyl (C=O) groups is 2. The first kappa shape index (κ1) is 14.6. The van der Waals surface area contributed by atoms with Crippen molar-refractivity contribution in [2.24, 2.45) is 0 Å². The second kappa shape index (κ2) is 6.21. The van der Waals surface area contributed by atoms with Crippen molar-refractivity contribution in [2.45, 2.75) is 19.1 Å². The quantitative estimate of drug-likeness (QED) is 0.908. The lowest BCUT2D eigenvalue weighted by molar-refractivity contribution is -0.119. The normalized spacial score (nSPS) is 18.4. The minimum atomic E-state index is -0.462. The number of furan rings is 1. The number of anilines is 1. The highest BCUT2D eigenvalue weighted by Crippen LogP contribution is 2.21. The zero-order valence-corrected chi connectivity index (χ0v) is 12.3. The van der Waals surface area contributed by atoms with Gasteiger partial charge in [-0.1, -0.05) is 11.6 Å². The van der Waals surface area contributed by atoms with Crippen LogP contribution in [-0.2, 0) is 11.3 Å². The third-order valence-electron chi connectivity index (χ3n) is 3.32. The molecule has 1 atom stereocenters. The molecule has 7 heteroatoms. The van der Waals surface area contributed by atoms with E-state index in [1.807, 2.05) is 6.07 Å². The van der Waals surface area contributed by atoms with Crippen LogP contribution in [0.1, 0.15) is 12.2 Å². The summed E-state index contributed by atoms with van der Waals surface area (Å²) < 4.78 is 5.20. The van der Waals surface area contributed by atoms with Gasteiger partial charge in [0.05, 0.1) is 31.1 Å². The largest absolute Gasteiger partial charge is 0.468 e. The van der Waals surface area contributed by atoms with E-state index < -0.39 is 12.2 Å². The van der Waals surface area contributed by atoms with Gasteiger partial charge in [0, 0.05) is 5.02 Å². The van der Waals surface area contributed by atoms with Crippen molar-refractivity contribution in [1.82, 2.24) is 10.6 Å². The van der Waals surface area contributed by atoms with Crippen molar-refractivity contribution in [2.75, 3.05) is 4.90 Å². The second-order valence-corrected chi connectivity index (χ2v) is 5.31. The number of amides is 3. The fraction of sp³-hybridized carbons (Fsp3) is 0.200. The van der Waals surface area contributed by atoms with E-state index in [0.29, 0.717) is 17.3 Å². The van der Waals surface area contributed by atoms with Crippen LogP contribution in [0.3, 0.4) is 0 Å². The van der Waals surface area contributed by atoms with Crippen molar-refractivity contribution in [3.8, 4) is 0 Å². The predicted molar refractivity (Wildman–Crippen MR) is 81.4 cm³/mol. The topological polar surface area (TPSA) is 74.6 Å². The summed E-state index contributed by atoms with van der Waals surface area (Å²) >= 11 is 5.81. The minimum absolute atomic E-state index is 0.162. The molecule has 2 aromatic rings. The van der Waals surface area contributed by atoms with Crippen molar-refractivity contribution in [3.05, 3.63) is 53.4 Å². The van der Waals surface area contributed by atoms with Gasteiger partial charge in [0.2, 0.25) is 5.91 Å². The maximum atomic E-state index is 12.2. The molecule has 1 aromatic carbocycles. The van der Waals surface area contributed by atoms with E-state index in [1.165, 1.54) is 0 Å². The highest BCUT2D eigenvalue weighted by atomic mass is 35.5. The zero-order valence-electron chi connectivity index (χ0n) is 11.6. The van der Waals surface area contributed by atoms with Crippen molar-refractivity contribution in [3.63, 3.8) is 0 Å². The Morgan fingerprint density at radius 1 is 1.27 bits per heavy atom. The van der Waals surface area contributed by atoms with Crippen molar-refractivity contribution >= 4 is 29.2 Å². The maximum Gasteiger partial charge on any atom is 0.329 e. The Labute approximate surface area is 132 Å². The lowest BCUT2D eigenvalue weighted by Gasteiger charge is -2.31. The van der Waals surface area contributed by atoms with Gasteiger partial charge in [-0.3, -0.25) is 10.1 Å². The van der Waals surface area contributed by atoms with Crippen LogP contribution in [0.2, 0.25) is 5.02 Å². The van der Waals surface area contributed by atoms with E-state index in [4.69, 9.17) is 16.0 Å². The first-order chi connectivity index (χ1) is 10.6. The Morgan fingerprint density at radius 3 is 2.68 bits per heavy atom. The molecule has 1 saturated heterocycles. The average molecular weight is 320 g/mol. The molecule has 0 bridgehead atoms. The Hall–Kier alpha value is -2.31. The molecular weight excluding hydrogens is 306 g/mol. The summed E-state index contributed by atoms with van der Waals surface area (Å²) in [7, 11) is 0. The third kappa shape index (κ3) is 3.13. The first-order valence-corrected chi connectivity index (χ1v) is 7.16. The van der Waals surface area contributed by atoms with Crippen LogP contribution in [0, 0.1) is 0 Å². The molecule has 0 spiro atoms. The lowest BCUT2D eigenvalue weighted by atomic mass is 10.2. The van der Waals surface area contributed by atoms with Crippen LogP contribution in [-0.4, -0.2) is 18.1 Å². The Morgan fingerprint density at radius 2 is 2.05 bits per heavy atom. The monoisotopic (exact) mass is 319 g/mol. The minimum Gasteiger partial charge on any atom is -0.468 e. The number of benzene rings is 1. The van der Waals surface area contributed by atoms with Gasteiger partial charge in [0.25, 0.3) is 0 Å². The Balaban J connectivity index is 1.65. The van der Waals surface area contributed by atoms with Gasteiger partial charge in [0.1, 0.15) is 5.76 Å². The van der Waals surface area contributed by atoms with Gasteiger partial charge >= 0.3 is 6.03 Å². The molecule has 1 aliphatic rings. The van der Waals surface area contributed by atoms with Gasteiger partial charge < -0.3 is 9.73 Å². The van der Waals surface area contributed by atoms with Gasteiger partial charge in [-0.25, -0.2) is 9.69 Å². The van der Waals surface area contributed by atoms with Crippen LogP contribution in [0.15, 0.2) is 47.1 Å². The smallest absolute Gasteiger partial charge is 0.329 e. The fourth-order valence-electron chi connectivity index (χ4n) is 2.26. The molecule has 2 heterocycles. The molecule has 1 unspecified atom stereocenters. The molecule has 0 saturated carbocycles. The highest BCUT2D eigenvalue weighted by Gasteiger charge is 2.32. The standard InChI is InChI=1S/C15H14ClN3O3/c16-10-3-5-11(6-4-10)19-14(20)8-13(18-15(19)21)17-9-12-2-1-7-22-12/h1-7,13,17H,8-9H2,(H,18,21). The second-order valence-electron chi connectivity index (χ2n) is 4.87. The SMILES string of the molecule is O=C1CC(NCc2ccco2)NC(=O)N1c1ccc(Cl)cc1. The Bertz CT molecular complexity index is 652. The van der Waals surface area contributed by atoms with Crippen LogP contribution in [0.4, 0.5) is 10.5 Å². The highest BCUT2D eigenvalue weighted by molar-refractivity contribution is 6.30. The zero-order chi connectivity index (χ0) is 15.5. The molecule has 6 nitrogen and oxygen atoms in total. The molecular formula is C15H14ClN3O3. The summed E-state index contributed by atoms with van der Waals surface area (Å²) in [6.45, 7) is 0.437. The average Bonchev–Trinajstić information content (AvgIpc) is 3.00. The molecule has 1 aliphatic heterocycles. The number of nitrogens with one attached hydrogen (secondary N) is 2. The van der Waals surface area contributed by atoms with Gasteiger partial charge in [-0.15, -0.1) is 0 Å². The molecule has 3 amide bonds. The summed E-state index contributed by atoms with van der Waals surface area (Å²) in [6, 6.07) is 9.68. The number of urea groups is 1. The number of hydrogen-bond donors (Lipinski definition) is 2. The van der Waals surface area contributed by atoms with Gasteiger partial charge in [-0.05, 0) is 36.4 Å². The summed E-state index contributed by atoms with van der Waals surface area (Å²) in [5.41, 5.74) is 0.497. The van der Waals surface area contributed by atoms with Crippen LogP contribution in [0.5, 0.6) is 0 Å². The van der Waals surface area contributed by atoms with Crippen LogP contribution >= 0.6 is 11.6 Å². The molecule has 2 N–H and O–H groups in total. The van der Waals surface area contributed by atoms with E-state index in [2.05, 4.69) is 10.6 Å². The number of halogens is 1. The molecule has 0 radical (unpaired) electrons. The van der Waals surface area contributed by atoms with Crippen molar-refractivity contribution in [1.29, 1.82) is 0 Å². The molecule has 1 fully saturated rings. The number of nitrogens with zero attached hydrogens (tertiary/aromatic N) is 1. The molecule has 1 aromatic heterocycles.